The predicted molar refractivity (Wildman–Crippen MR) is 69.6 cm³/mol. The van der Waals surface area contributed by atoms with Crippen LogP contribution in [-0.4, -0.2) is 17.2 Å². The second kappa shape index (κ2) is 4.63. The van der Waals surface area contributed by atoms with Crippen LogP contribution < -0.4 is 5.56 Å². The molecule has 1 saturated heterocycles. The minimum atomic E-state index is 0.157. The zero-order valence-corrected chi connectivity index (χ0v) is 10.4. The first-order chi connectivity index (χ1) is 8.34. The standard InChI is InChI=1S/C13H15NO2S/c15-13-11-3-1-2-4-12(11)17-14(13)7-5-10-6-8-16-9-10/h1-4,10H,5-9H2/t10-/m1/s1. The zero-order chi connectivity index (χ0) is 11.7. The third-order valence-electron chi connectivity index (χ3n) is 3.32. The molecule has 1 aromatic heterocycles. The topological polar surface area (TPSA) is 31.2 Å². The predicted octanol–water partition coefficient (Wildman–Crippen LogP) is 2.49. The highest BCUT2D eigenvalue weighted by atomic mass is 32.1. The van der Waals surface area contributed by atoms with Gasteiger partial charge in [0.15, 0.2) is 0 Å². The molecule has 90 valence electrons. The van der Waals surface area contributed by atoms with Crippen molar-refractivity contribution in [2.45, 2.75) is 19.4 Å². The zero-order valence-electron chi connectivity index (χ0n) is 9.59. The summed E-state index contributed by atoms with van der Waals surface area (Å²) in [6.07, 6.45) is 2.19. The van der Waals surface area contributed by atoms with Crippen LogP contribution in [0.4, 0.5) is 0 Å². The van der Waals surface area contributed by atoms with Gasteiger partial charge in [-0.15, -0.1) is 0 Å². The second-order valence-electron chi connectivity index (χ2n) is 4.51. The first kappa shape index (κ1) is 11.0. The smallest absolute Gasteiger partial charge is 0.268 e. The van der Waals surface area contributed by atoms with Crippen LogP contribution in [0, 0.1) is 5.92 Å². The van der Waals surface area contributed by atoms with Crippen molar-refractivity contribution in [3.05, 3.63) is 34.6 Å². The molecule has 1 aromatic carbocycles. The molecule has 0 aliphatic carbocycles. The van der Waals surface area contributed by atoms with Crippen molar-refractivity contribution in [1.82, 2.24) is 3.96 Å². The van der Waals surface area contributed by atoms with E-state index in [1.807, 2.05) is 28.2 Å². The van der Waals surface area contributed by atoms with Gasteiger partial charge < -0.3 is 4.74 Å². The highest BCUT2D eigenvalue weighted by Gasteiger charge is 2.16. The number of benzene rings is 1. The van der Waals surface area contributed by atoms with Gasteiger partial charge in [-0.25, -0.2) is 0 Å². The van der Waals surface area contributed by atoms with Crippen LogP contribution in [0.15, 0.2) is 29.1 Å². The Hall–Kier alpha value is -1.13. The minimum absolute atomic E-state index is 0.157. The number of fused-ring (bicyclic) bond motifs is 1. The number of rotatable bonds is 3. The third-order valence-corrected chi connectivity index (χ3v) is 4.44. The summed E-state index contributed by atoms with van der Waals surface area (Å²) in [7, 11) is 0. The van der Waals surface area contributed by atoms with Crippen molar-refractivity contribution in [3.63, 3.8) is 0 Å². The number of ether oxygens (including phenoxy) is 1. The van der Waals surface area contributed by atoms with E-state index >= 15 is 0 Å². The van der Waals surface area contributed by atoms with E-state index in [9.17, 15) is 4.79 Å². The highest BCUT2D eigenvalue weighted by Crippen LogP contribution is 2.20. The monoisotopic (exact) mass is 249 g/mol. The highest BCUT2D eigenvalue weighted by molar-refractivity contribution is 7.13. The van der Waals surface area contributed by atoms with E-state index in [1.165, 1.54) is 0 Å². The number of hydrogen-bond donors (Lipinski definition) is 0. The molecule has 0 N–H and O–H groups in total. The lowest BCUT2D eigenvalue weighted by atomic mass is 10.1. The van der Waals surface area contributed by atoms with Gasteiger partial charge in [0.05, 0.1) is 10.1 Å². The van der Waals surface area contributed by atoms with Gasteiger partial charge in [-0.3, -0.25) is 8.75 Å². The summed E-state index contributed by atoms with van der Waals surface area (Å²) in [4.78, 5) is 12.1. The summed E-state index contributed by atoms with van der Waals surface area (Å²) in [5.41, 5.74) is 0.157. The van der Waals surface area contributed by atoms with Gasteiger partial charge in [-0.1, -0.05) is 23.7 Å². The first-order valence-corrected chi connectivity index (χ1v) is 6.78. The van der Waals surface area contributed by atoms with Crippen LogP contribution >= 0.6 is 11.5 Å². The van der Waals surface area contributed by atoms with E-state index in [1.54, 1.807) is 11.5 Å². The molecule has 3 nitrogen and oxygen atoms in total. The van der Waals surface area contributed by atoms with E-state index in [2.05, 4.69) is 0 Å². The van der Waals surface area contributed by atoms with Crippen molar-refractivity contribution in [2.75, 3.05) is 13.2 Å². The average Bonchev–Trinajstić information content (AvgIpc) is 2.96. The molecule has 2 heterocycles. The molecule has 0 bridgehead atoms. The number of nitrogens with zero attached hydrogens (tertiary/aromatic N) is 1. The Morgan fingerprint density at radius 1 is 1.41 bits per heavy atom. The van der Waals surface area contributed by atoms with Crippen LogP contribution in [0.1, 0.15) is 12.8 Å². The summed E-state index contributed by atoms with van der Waals surface area (Å²) >= 11 is 1.57. The normalized spacial score (nSPS) is 20.1. The van der Waals surface area contributed by atoms with Crippen LogP contribution in [0.2, 0.25) is 0 Å². The molecule has 0 spiro atoms. The molecule has 1 aliphatic heterocycles. The fourth-order valence-electron chi connectivity index (χ4n) is 2.28. The van der Waals surface area contributed by atoms with Gasteiger partial charge in [0.25, 0.3) is 5.56 Å². The molecular formula is C13H15NO2S. The molecule has 0 unspecified atom stereocenters. The molecule has 1 fully saturated rings. The van der Waals surface area contributed by atoms with E-state index in [0.29, 0.717) is 5.92 Å². The maximum Gasteiger partial charge on any atom is 0.268 e. The summed E-state index contributed by atoms with van der Waals surface area (Å²) in [6.45, 7) is 2.57. The molecule has 17 heavy (non-hydrogen) atoms. The van der Waals surface area contributed by atoms with Gasteiger partial charge in [-0.2, -0.15) is 0 Å². The van der Waals surface area contributed by atoms with Crippen molar-refractivity contribution < 1.29 is 4.74 Å². The molecule has 0 saturated carbocycles. The Kier molecular flexibility index (Phi) is 2.99. The third kappa shape index (κ3) is 2.15. The molecule has 1 atom stereocenters. The Balaban J connectivity index is 1.80. The van der Waals surface area contributed by atoms with Gasteiger partial charge in [0, 0.05) is 19.8 Å². The molecule has 1 aliphatic rings. The average molecular weight is 249 g/mol. The number of aryl methyl sites for hydroxylation is 1. The number of aromatic nitrogens is 1. The van der Waals surface area contributed by atoms with Crippen molar-refractivity contribution in [2.24, 2.45) is 5.92 Å². The van der Waals surface area contributed by atoms with Gasteiger partial charge in [0.2, 0.25) is 0 Å². The second-order valence-corrected chi connectivity index (χ2v) is 5.58. The van der Waals surface area contributed by atoms with Gasteiger partial charge in [0.1, 0.15) is 0 Å². The Labute approximate surface area is 104 Å². The van der Waals surface area contributed by atoms with E-state index < -0.39 is 0 Å². The fraction of sp³-hybridized carbons (Fsp3) is 0.462. The summed E-state index contributed by atoms with van der Waals surface area (Å²) in [5, 5.41) is 0.847. The Morgan fingerprint density at radius 2 is 2.29 bits per heavy atom. The number of hydrogen-bond acceptors (Lipinski definition) is 3. The molecular weight excluding hydrogens is 234 g/mol. The van der Waals surface area contributed by atoms with Crippen LogP contribution in [0.3, 0.4) is 0 Å². The molecule has 0 amide bonds. The van der Waals surface area contributed by atoms with E-state index in [0.717, 1.165) is 42.7 Å². The van der Waals surface area contributed by atoms with E-state index in [4.69, 9.17) is 4.74 Å². The van der Waals surface area contributed by atoms with Crippen LogP contribution in [0.5, 0.6) is 0 Å². The van der Waals surface area contributed by atoms with Crippen molar-refractivity contribution in [3.8, 4) is 0 Å². The fourth-order valence-corrected chi connectivity index (χ4v) is 3.28. The first-order valence-electron chi connectivity index (χ1n) is 6.01. The Morgan fingerprint density at radius 3 is 3.06 bits per heavy atom. The Bertz CT molecular complexity index is 566. The lowest BCUT2D eigenvalue weighted by molar-refractivity contribution is 0.183. The molecule has 0 radical (unpaired) electrons. The summed E-state index contributed by atoms with van der Waals surface area (Å²) in [5.74, 6) is 0.632. The quantitative estimate of drug-likeness (QED) is 0.837. The van der Waals surface area contributed by atoms with Gasteiger partial charge in [-0.05, 0) is 30.9 Å². The van der Waals surface area contributed by atoms with E-state index in [-0.39, 0.29) is 5.56 Å². The van der Waals surface area contributed by atoms with Gasteiger partial charge >= 0.3 is 0 Å². The minimum Gasteiger partial charge on any atom is -0.381 e. The largest absolute Gasteiger partial charge is 0.381 e. The summed E-state index contributed by atoms with van der Waals surface area (Å²) < 4.78 is 8.31. The maximum atomic E-state index is 12.1. The molecule has 3 rings (SSSR count). The summed E-state index contributed by atoms with van der Waals surface area (Å²) in [6, 6.07) is 7.82. The van der Waals surface area contributed by atoms with Crippen LogP contribution in [-0.2, 0) is 11.3 Å². The lowest BCUT2D eigenvalue weighted by Gasteiger charge is -2.06. The molecule has 4 heteroatoms. The molecule has 2 aromatic rings. The lowest BCUT2D eigenvalue weighted by Crippen LogP contribution is -2.15. The maximum absolute atomic E-state index is 12.1. The van der Waals surface area contributed by atoms with Crippen molar-refractivity contribution >= 4 is 21.6 Å². The van der Waals surface area contributed by atoms with Crippen molar-refractivity contribution in [1.29, 1.82) is 0 Å². The SMILES string of the molecule is O=c1c2ccccc2sn1CC[C@@H]1CCOC1. The van der Waals surface area contributed by atoms with Crippen LogP contribution in [0.25, 0.3) is 10.1 Å².